The molecule has 1 aliphatic heterocycles. The number of fused-ring (bicyclic) bond motifs is 1. The minimum absolute atomic E-state index is 0.0337. The molecule has 8 heteroatoms. The van der Waals surface area contributed by atoms with Gasteiger partial charge in [-0.15, -0.1) is 0 Å². The molecule has 0 unspecified atom stereocenters. The number of amides is 1. The third kappa shape index (κ3) is 3.08. The van der Waals surface area contributed by atoms with Crippen LogP contribution in [0, 0.1) is 0 Å². The molecule has 1 aliphatic rings. The molecule has 1 amide bonds. The summed E-state index contributed by atoms with van der Waals surface area (Å²) < 4.78 is 12.4. The Morgan fingerprint density at radius 3 is 2.70 bits per heavy atom. The van der Waals surface area contributed by atoms with Crippen LogP contribution in [0.5, 0.6) is 11.5 Å². The summed E-state index contributed by atoms with van der Waals surface area (Å²) in [6, 6.07) is 9.21. The first-order valence-corrected chi connectivity index (χ1v) is 8.72. The standard InChI is InChI=1S/C19H21N5O3/c1-26-16-4-3-12(9-17(16)27-2)15-5-7-21-18-10-14(22-24(15)18)19(25)23-8-6-13(20)11-23/h3-5,7,9-10,13H,6,8,11,20H2,1-2H3/t13-/m1/s1. The monoisotopic (exact) mass is 367 g/mol. The number of carbonyl (C=O) groups is 1. The van der Waals surface area contributed by atoms with Crippen LogP contribution in [0.4, 0.5) is 0 Å². The van der Waals surface area contributed by atoms with Gasteiger partial charge in [0, 0.05) is 37.0 Å². The number of aromatic nitrogens is 3. The van der Waals surface area contributed by atoms with Gasteiger partial charge in [-0.05, 0) is 30.7 Å². The van der Waals surface area contributed by atoms with E-state index in [0.29, 0.717) is 35.9 Å². The van der Waals surface area contributed by atoms with Gasteiger partial charge in [-0.1, -0.05) is 0 Å². The number of hydrogen-bond donors (Lipinski definition) is 1. The van der Waals surface area contributed by atoms with Crippen molar-refractivity contribution in [1.29, 1.82) is 0 Å². The molecular weight excluding hydrogens is 346 g/mol. The fourth-order valence-corrected chi connectivity index (χ4v) is 3.35. The van der Waals surface area contributed by atoms with Gasteiger partial charge in [0.15, 0.2) is 22.8 Å². The highest BCUT2D eigenvalue weighted by atomic mass is 16.5. The molecule has 1 saturated heterocycles. The van der Waals surface area contributed by atoms with Crippen molar-refractivity contribution >= 4 is 11.6 Å². The highest BCUT2D eigenvalue weighted by molar-refractivity contribution is 5.93. The van der Waals surface area contributed by atoms with Crippen LogP contribution < -0.4 is 15.2 Å². The van der Waals surface area contributed by atoms with Gasteiger partial charge in [0.2, 0.25) is 0 Å². The molecule has 0 saturated carbocycles. The fourth-order valence-electron chi connectivity index (χ4n) is 3.35. The maximum atomic E-state index is 12.7. The topological polar surface area (TPSA) is 95.0 Å². The van der Waals surface area contributed by atoms with E-state index in [1.165, 1.54) is 0 Å². The molecular formula is C19H21N5O3. The fraction of sp³-hybridized carbons (Fsp3) is 0.316. The van der Waals surface area contributed by atoms with E-state index in [9.17, 15) is 4.79 Å². The normalized spacial score (nSPS) is 16.7. The lowest BCUT2D eigenvalue weighted by Crippen LogP contribution is -2.32. The van der Waals surface area contributed by atoms with Gasteiger partial charge in [0.25, 0.3) is 5.91 Å². The number of rotatable bonds is 4. The summed E-state index contributed by atoms with van der Waals surface area (Å²) in [5, 5.41) is 4.51. The Hall–Kier alpha value is -3.13. The summed E-state index contributed by atoms with van der Waals surface area (Å²) in [4.78, 5) is 18.8. The lowest BCUT2D eigenvalue weighted by molar-refractivity contribution is 0.0784. The van der Waals surface area contributed by atoms with Crippen LogP contribution in [0.2, 0.25) is 0 Å². The van der Waals surface area contributed by atoms with Crippen molar-refractivity contribution in [3.8, 4) is 22.8 Å². The molecule has 0 radical (unpaired) electrons. The van der Waals surface area contributed by atoms with E-state index in [1.807, 2.05) is 24.3 Å². The smallest absolute Gasteiger partial charge is 0.274 e. The maximum Gasteiger partial charge on any atom is 0.274 e. The van der Waals surface area contributed by atoms with E-state index < -0.39 is 0 Å². The predicted octanol–water partition coefficient (Wildman–Crippen LogP) is 1.59. The number of carbonyl (C=O) groups excluding carboxylic acids is 1. The van der Waals surface area contributed by atoms with Crippen LogP contribution in [0.25, 0.3) is 16.9 Å². The summed E-state index contributed by atoms with van der Waals surface area (Å²) >= 11 is 0. The van der Waals surface area contributed by atoms with E-state index in [4.69, 9.17) is 15.2 Å². The van der Waals surface area contributed by atoms with Crippen molar-refractivity contribution in [2.24, 2.45) is 5.73 Å². The van der Waals surface area contributed by atoms with Crippen molar-refractivity contribution in [3.05, 3.63) is 42.2 Å². The molecule has 2 aromatic heterocycles. The molecule has 3 heterocycles. The van der Waals surface area contributed by atoms with Crippen LogP contribution in [-0.2, 0) is 0 Å². The Morgan fingerprint density at radius 1 is 1.19 bits per heavy atom. The van der Waals surface area contributed by atoms with Gasteiger partial charge in [0.1, 0.15) is 0 Å². The number of ether oxygens (including phenoxy) is 2. The number of nitrogens with zero attached hydrogens (tertiary/aromatic N) is 4. The van der Waals surface area contributed by atoms with E-state index in [1.54, 1.807) is 35.9 Å². The van der Waals surface area contributed by atoms with E-state index in [2.05, 4.69) is 10.1 Å². The molecule has 1 atom stereocenters. The second-order valence-electron chi connectivity index (χ2n) is 6.50. The van der Waals surface area contributed by atoms with Crippen molar-refractivity contribution in [3.63, 3.8) is 0 Å². The molecule has 0 spiro atoms. The zero-order chi connectivity index (χ0) is 19.0. The second kappa shape index (κ2) is 6.88. The average molecular weight is 367 g/mol. The van der Waals surface area contributed by atoms with Gasteiger partial charge >= 0.3 is 0 Å². The average Bonchev–Trinajstić information content (AvgIpc) is 3.32. The highest BCUT2D eigenvalue weighted by Crippen LogP contribution is 2.32. The first kappa shape index (κ1) is 17.3. The Morgan fingerprint density at radius 2 is 2.00 bits per heavy atom. The van der Waals surface area contributed by atoms with E-state index in [-0.39, 0.29) is 11.9 Å². The van der Waals surface area contributed by atoms with Crippen LogP contribution in [0.3, 0.4) is 0 Å². The molecule has 0 aliphatic carbocycles. The third-order valence-electron chi connectivity index (χ3n) is 4.77. The lowest BCUT2D eigenvalue weighted by atomic mass is 10.1. The number of benzene rings is 1. The Balaban J connectivity index is 1.75. The van der Waals surface area contributed by atoms with Crippen molar-refractivity contribution in [2.75, 3.05) is 27.3 Å². The Kier molecular flexibility index (Phi) is 4.41. The molecule has 1 fully saturated rings. The molecule has 27 heavy (non-hydrogen) atoms. The van der Waals surface area contributed by atoms with Crippen LogP contribution >= 0.6 is 0 Å². The molecule has 1 aromatic carbocycles. The molecule has 0 bridgehead atoms. The van der Waals surface area contributed by atoms with Gasteiger partial charge in [-0.3, -0.25) is 4.79 Å². The zero-order valence-electron chi connectivity index (χ0n) is 15.3. The van der Waals surface area contributed by atoms with Crippen LogP contribution in [0.1, 0.15) is 16.9 Å². The summed E-state index contributed by atoms with van der Waals surface area (Å²) in [5.74, 6) is 1.15. The second-order valence-corrected chi connectivity index (χ2v) is 6.50. The van der Waals surface area contributed by atoms with Crippen molar-refractivity contribution in [1.82, 2.24) is 19.5 Å². The summed E-state index contributed by atoms with van der Waals surface area (Å²) in [6.07, 6.45) is 2.51. The third-order valence-corrected chi connectivity index (χ3v) is 4.77. The van der Waals surface area contributed by atoms with Gasteiger partial charge in [0.05, 0.1) is 19.9 Å². The summed E-state index contributed by atoms with van der Waals surface area (Å²) in [5.41, 5.74) is 8.57. The SMILES string of the molecule is COc1ccc(-c2ccnc3cc(C(=O)N4CC[C@@H](N)C4)nn23)cc1OC. The van der Waals surface area contributed by atoms with Gasteiger partial charge in [-0.25, -0.2) is 9.50 Å². The molecule has 4 rings (SSSR count). The Labute approximate surface area is 156 Å². The number of likely N-dealkylation sites (tertiary alicyclic amines) is 1. The minimum atomic E-state index is -0.119. The summed E-state index contributed by atoms with van der Waals surface area (Å²) in [7, 11) is 3.19. The van der Waals surface area contributed by atoms with E-state index in [0.717, 1.165) is 17.7 Å². The molecule has 140 valence electrons. The highest BCUT2D eigenvalue weighted by Gasteiger charge is 2.26. The zero-order valence-corrected chi connectivity index (χ0v) is 15.3. The molecule has 3 aromatic rings. The van der Waals surface area contributed by atoms with E-state index >= 15 is 0 Å². The number of nitrogens with two attached hydrogens (primary N) is 1. The number of hydrogen-bond acceptors (Lipinski definition) is 6. The van der Waals surface area contributed by atoms with Crippen LogP contribution in [0.15, 0.2) is 36.5 Å². The largest absolute Gasteiger partial charge is 0.493 e. The Bertz CT molecular complexity index is 1000. The molecule has 8 nitrogen and oxygen atoms in total. The molecule has 2 N–H and O–H groups in total. The predicted molar refractivity (Wildman–Crippen MR) is 100 cm³/mol. The van der Waals surface area contributed by atoms with Gasteiger partial charge < -0.3 is 20.1 Å². The first-order valence-electron chi connectivity index (χ1n) is 8.72. The van der Waals surface area contributed by atoms with Crippen molar-refractivity contribution in [2.45, 2.75) is 12.5 Å². The van der Waals surface area contributed by atoms with Crippen molar-refractivity contribution < 1.29 is 14.3 Å². The minimum Gasteiger partial charge on any atom is -0.493 e. The van der Waals surface area contributed by atoms with Crippen LogP contribution in [-0.4, -0.2) is 58.8 Å². The quantitative estimate of drug-likeness (QED) is 0.752. The number of methoxy groups -OCH3 is 2. The van der Waals surface area contributed by atoms with Gasteiger partial charge in [-0.2, -0.15) is 5.10 Å². The lowest BCUT2D eigenvalue weighted by Gasteiger charge is -2.13. The first-order chi connectivity index (χ1) is 13.1. The summed E-state index contributed by atoms with van der Waals surface area (Å²) in [6.45, 7) is 1.21. The maximum absolute atomic E-state index is 12.7.